The van der Waals surface area contributed by atoms with Gasteiger partial charge in [-0.3, -0.25) is 0 Å². The van der Waals surface area contributed by atoms with E-state index in [-0.39, 0.29) is 0 Å². The smallest absolute Gasteiger partial charge is 0.0833 e. The first-order chi connectivity index (χ1) is 9.74. The van der Waals surface area contributed by atoms with Gasteiger partial charge in [0.15, 0.2) is 0 Å². The van der Waals surface area contributed by atoms with E-state index in [1.165, 1.54) is 24.8 Å². The topological polar surface area (TPSA) is 20.2 Å². The lowest BCUT2D eigenvalue weighted by Crippen LogP contribution is -2.14. The van der Waals surface area contributed by atoms with Crippen molar-refractivity contribution in [1.82, 2.24) is 0 Å². The van der Waals surface area contributed by atoms with E-state index >= 15 is 0 Å². The van der Waals surface area contributed by atoms with Crippen LogP contribution in [-0.2, 0) is 6.42 Å². The average molecular weight is 287 g/mol. The molecule has 0 radical (unpaired) electrons. The molecule has 1 unspecified atom stereocenters. The van der Waals surface area contributed by atoms with Crippen LogP contribution in [0.25, 0.3) is 0 Å². The average Bonchev–Trinajstić information content (AvgIpc) is 2.40. The van der Waals surface area contributed by atoms with Gasteiger partial charge >= 0.3 is 0 Å². The Morgan fingerprint density at radius 1 is 1.05 bits per heavy atom. The van der Waals surface area contributed by atoms with Gasteiger partial charge in [0.2, 0.25) is 0 Å². The summed E-state index contributed by atoms with van der Waals surface area (Å²) < 4.78 is 0. The fourth-order valence-corrected chi connectivity index (χ4v) is 2.99. The first-order valence-electron chi connectivity index (χ1n) is 7.25. The van der Waals surface area contributed by atoms with Crippen LogP contribution in [0.4, 0.5) is 0 Å². The Morgan fingerprint density at radius 3 is 2.40 bits per heavy atom. The van der Waals surface area contributed by atoms with E-state index in [1.54, 1.807) is 0 Å². The molecule has 0 spiro atoms. The lowest BCUT2D eigenvalue weighted by molar-refractivity contribution is 0.175. The normalized spacial score (nSPS) is 16.7. The second-order valence-electron chi connectivity index (χ2n) is 5.60. The Kier molecular flexibility index (Phi) is 4.09. The molecule has 1 atom stereocenters. The van der Waals surface area contributed by atoms with Crippen molar-refractivity contribution < 1.29 is 5.11 Å². The van der Waals surface area contributed by atoms with Crippen LogP contribution in [0.3, 0.4) is 0 Å². The van der Waals surface area contributed by atoms with Crippen molar-refractivity contribution in [2.75, 3.05) is 0 Å². The maximum atomic E-state index is 10.6. The first kappa shape index (κ1) is 13.7. The van der Waals surface area contributed by atoms with Gasteiger partial charge in [-0.2, -0.15) is 0 Å². The third-order valence-electron chi connectivity index (χ3n) is 4.24. The van der Waals surface area contributed by atoms with Crippen molar-refractivity contribution in [2.45, 2.75) is 37.7 Å². The second kappa shape index (κ2) is 5.99. The number of benzene rings is 2. The fourth-order valence-electron chi connectivity index (χ4n) is 2.86. The van der Waals surface area contributed by atoms with E-state index in [4.69, 9.17) is 11.6 Å². The summed E-state index contributed by atoms with van der Waals surface area (Å²) in [6, 6.07) is 16.0. The highest BCUT2D eigenvalue weighted by Crippen LogP contribution is 2.39. The SMILES string of the molecule is OC(Cc1ccc(Cl)cc1)c1ccccc1C1CCC1. The fraction of sp³-hybridized carbons (Fsp3) is 0.333. The zero-order valence-corrected chi connectivity index (χ0v) is 12.2. The Bertz CT molecular complexity index is 572. The van der Waals surface area contributed by atoms with Gasteiger partial charge in [-0.1, -0.05) is 54.4 Å². The summed E-state index contributed by atoms with van der Waals surface area (Å²) in [5, 5.41) is 11.3. The molecular formula is C18H19ClO. The Hall–Kier alpha value is -1.31. The van der Waals surface area contributed by atoms with Crippen LogP contribution < -0.4 is 0 Å². The number of hydrogen-bond donors (Lipinski definition) is 1. The van der Waals surface area contributed by atoms with Crippen LogP contribution in [0.1, 0.15) is 48.0 Å². The van der Waals surface area contributed by atoms with Gasteiger partial charge in [0.25, 0.3) is 0 Å². The molecule has 0 bridgehead atoms. The van der Waals surface area contributed by atoms with Gasteiger partial charge in [-0.05, 0) is 47.6 Å². The first-order valence-corrected chi connectivity index (χ1v) is 7.63. The zero-order chi connectivity index (χ0) is 13.9. The zero-order valence-electron chi connectivity index (χ0n) is 11.4. The monoisotopic (exact) mass is 286 g/mol. The minimum atomic E-state index is -0.437. The van der Waals surface area contributed by atoms with Gasteiger partial charge in [0.1, 0.15) is 0 Å². The maximum absolute atomic E-state index is 10.6. The molecule has 0 amide bonds. The molecule has 1 saturated carbocycles. The third-order valence-corrected chi connectivity index (χ3v) is 4.49. The molecule has 2 heteroatoms. The van der Waals surface area contributed by atoms with Crippen molar-refractivity contribution >= 4 is 11.6 Å². The van der Waals surface area contributed by atoms with E-state index < -0.39 is 6.10 Å². The molecule has 1 nitrogen and oxygen atoms in total. The van der Waals surface area contributed by atoms with Gasteiger partial charge in [0, 0.05) is 11.4 Å². The largest absolute Gasteiger partial charge is 0.388 e. The summed E-state index contributed by atoms with van der Waals surface area (Å²) in [6.07, 6.45) is 4.02. The molecule has 0 aromatic heterocycles. The van der Waals surface area contributed by atoms with Crippen molar-refractivity contribution in [3.63, 3.8) is 0 Å². The lowest BCUT2D eigenvalue weighted by Gasteiger charge is -2.29. The van der Waals surface area contributed by atoms with Crippen molar-refractivity contribution in [3.05, 3.63) is 70.2 Å². The standard InChI is InChI=1S/C18H19ClO/c19-15-10-8-13(9-11-15)12-18(20)17-7-2-1-6-16(17)14-4-3-5-14/h1-2,6-11,14,18,20H,3-5,12H2. The van der Waals surface area contributed by atoms with Gasteiger partial charge < -0.3 is 5.11 Å². The summed E-state index contributed by atoms with van der Waals surface area (Å²) >= 11 is 5.90. The minimum absolute atomic E-state index is 0.437. The van der Waals surface area contributed by atoms with E-state index in [0.29, 0.717) is 12.3 Å². The van der Waals surface area contributed by atoms with Crippen molar-refractivity contribution in [2.24, 2.45) is 0 Å². The number of hydrogen-bond acceptors (Lipinski definition) is 1. The van der Waals surface area contributed by atoms with Crippen LogP contribution in [-0.4, -0.2) is 5.11 Å². The van der Waals surface area contributed by atoms with E-state index in [2.05, 4.69) is 18.2 Å². The Morgan fingerprint density at radius 2 is 1.75 bits per heavy atom. The molecule has 1 aliphatic carbocycles. The molecule has 3 rings (SSSR count). The van der Waals surface area contributed by atoms with Gasteiger partial charge in [-0.15, -0.1) is 0 Å². The highest BCUT2D eigenvalue weighted by atomic mass is 35.5. The minimum Gasteiger partial charge on any atom is -0.388 e. The van der Waals surface area contributed by atoms with E-state index in [1.807, 2.05) is 30.3 Å². The molecule has 1 aliphatic rings. The van der Waals surface area contributed by atoms with Gasteiger partial charge in [-0.25, -0.2) is 0 Å². The predicted octanol–water partition coefficient (Wildman–Crippen LogP) is 4.88. The molecule has 2 aromatic carbocycles. The quantitative estimate of drug-likeness (QED) is 0.849. The predicted molar refractivity (Wildman–Crippen MR) is 83.1 cm³/mol. The molecule has 2 aromatic rings. The molecule has 0 aliphatic heterocycles. The number of aliphatic hydroxyl groups is 1. The van der Waals surface area contributed by atoms with Crippen molar-refractivity contribution in [1.29, 1.82) is 0 Å². The van der Waals surface area contributed by atoms with E-state index in [0.717, 1.165) is 16.1 Å². The molecule has 1 fully saturated rings. The molecule has 0 heterocycles. The molecule has 0 saturated heterocycles. The second-order valence-corrected chi connectivity index (χ2v) is 6.04. The number of aliphatic hydroxyl groups excluding tert-OH is 1. The highest BCUT2D eigenvalue weighted by Gasteiger charge is 2.24. The Labute approximate surface area is 125 Å². The Balaban J connectivity index is 1.79. The summed E-state index contributed by atoms with van der Waals surface area (Å²) in [4.78, 5) is 0. The summed E-state index contributed by atoms with van der Waals surface area (Å²) in [7, 11) is 0. The highest BCUT2D eigenvalue weighted by molar-refractivity contribution is 6.30. The molecule has 104 valence electrons. The third kappa shape index (κ3) is 2.89. The number of rotatable bonds is 4. The maximum Gasteiger partial charge on any atom is 0.0833 e. The molecule has 1 N–H and O–H groups in total. The van der Waals surface area contributed by atoms with Crippen LogP contribution >= 0.6 is 11.6 Å². The van der Waals surface area contributed by atoms with E-state index in [9.17, 15) is 5.11 Å². The summed E-state index contributed by atoms with van der Waals surface area (Å²) in [5.74, 6) is 0.645. The van der Waals surface area contributed by atoms with Crippen LogP contribution in [0.5, 0.6) is 0 Å². The van der Waals surface area contributed by atoms with Crippen LogP contribution in [0.15, 0.2) is 48.5 Å². The summed E-state index contributed by atoms with van der Waals surface area (Å²) in [5.41, 5.74) is 3.54. The molecule has 20 heavy (non-hydrogen) atoms. The number of halogens is 1. The van der Waals surface area contributed by atoms with Crippen molar-refractivity contribution in [3.8, 4) is 0 Å². The lowest BCUT2D eigenvalue weighted by atomic mass is 9.77. The molecular weight excluding hydrogens is 268 g/mol. The van der Waals surface area contributed by atoms with Crippen LogP contribution in [0.2, 0.25) is 5.02 Å². The summed E-state index contributed by atoms with van der Waals surface area (Å²) in [6.45, 7) is 0. The van der Waals surface area contributed by atoms with Crippen LogP contribution in [0, 0.1) is 0 Å². The van der Waals surface area contributed by atoms with Gasteiger partial charge in [0.05, 0.1) is 6.10 Å².